The summed E-state index contributed by atoms with van der Waals surface area (Å²) in [4.78, 5) is 36.4. The van der Waals surface area contributed by atoms with Gasteiger partial charge in [-0.1, -0.05) is 56.8 Å². The van der Waals surface area contributed by atoms with Gasteiger partial charge in [-0.3, -0.25) is 14.9 Å². The van der Waals surface area contributed by atoms with Gasteiger partial charge >= 0.3 is 6.09 Å². The molecule has 0 radical (unpaired) electrons. The summed E-state index contributed by atoms with van der Waals surface area (Å²) in [5, 5.41) is 13.5. The molecule has 6 nitrogen and oxygen atoms in total. The first-order valence-corrected chi connectivity index (χ1v) is 11.0. The minimum atomic E-state index is -1.02. The van der Waals surface area contributed by atoms with Crippen molar-refractivity contribution in [2.45, 2.75) is 44.9 Å². The van der Waals surface area contributed by atoms with Crippen molar-refractivity contribution >= 4 is 40.3 Å². The van der Waals surface area contributed by atoms with Gasteiger partial charge in [0.15, 0.2) is 0 Å². The van der Waals surface area contributed by atoms with Gasteiger partial charge in [-0.2, -0.15) is 0 Å². The zero-order valence-electron chi connectivity index (χ0n) is 16.5. The molecular formula is C21H24N2O4S2. The van der Waals surface area contributed by atoms with Crippen molar-refractivity contribution in [2.24, 2.45) is 5.41 Å². The van der Waals surface area contributed by atoms with E-state index in [2.05, 4.69) is 16.7 Å². The number of thiophene rings is 1. The number of hydrogen-bond donors (Lipinski definition) is 3. The second-order valence-electron chi connectivity index (χ2n) is 8.13. The number of rotatable bonds is 6. The number of thioether (sulfide) groups is 1. The minimum Gasteiger partial charge on any atom is -0.465 e. The molecule has 29 heavy (non-hydrogen) atoms. The van der Waals surface area contributed by atoms with Crippen molar-refractivity contribution in [3.63, 3.8) is 0 Å². The van der Waals surface area contributed by atoms with E-state index in [4.69, 9.17) is 5.11 Å². The summed E-state index contributed by atoms with van der Waals surface area (Å²) >= 11 is 2.65. The van der Waals surface area contributed by atoms with E-state index in [-0.39, 0.29) is 27.9 Å². The third-order valence-corrected chi connectivity index (χ3v) is 6.95. The van der Waals surface area contributed by atoms with E-state index in [9.17, 15) is 14.4 Å². The standard InChI is InChI=1S/C21H24N2O4S2/c1-21(2,3)17(22-19(25)26)10-12-5-4-6-13(9-12)15-8-7-14(28-15)11-16-18(24)23-20(27)29-16/h4-9,16-17,22H,10-11H2,1-3H3,(H,25,26)(H,23,24,27). The van der Waals surface area contributed by atoms with Crippen LogP contribution in [0.25, 0.3) is 10.4 Å². The predicted octanol–water partition coefficient (Wildman–Crippen LogP) is 4.53. The highest BCUT2D eigenvalue weighted by molar-refractivity contribution is 8.15. The van der Waals surface area contributed by atoms with Crippen LogP contribution in [0, 0.1) is 5.41 Å². The van der Waals surface area contributed by atoms with E-state index in [0.717, 1.165) is 32.6 Å². The molecule has 1 aromatic carbocycles. The van der Waals surface area contributed by atoms with E-state index in [1.807, 2.05) is 51.1 Å². The molecule has 8 heteroatoms. The molecule has 3 N–H and O–H groups in total. The number of carbonyl (C=O) groups excluding carboxylic acids is 2. The molecule has 3 amide bonds. The Balaban J connectivity index is 1.74. The van der Waals surface area contributed by atoms with E-state index in [0.29, 0.717) is 12.8 Å². The Kier molecular flexibility index (Phi) is 6.33. The molecule has 2 heterocycles. The van der Waals surface area contributed by atoms with Crippen LogP contribution in [0.4, 0.5) is 9.59 Å². The van der Waals surface area contributed by atoms with Crippen molar-refractivity contribution < 1.29 is 19.5 Å². The summed E-state index contributed by atoms with van der Waals surface area (Å²) in [7, 11) is 0. The predicted molar refractivity (Wildman–Crippen MR) is 116 cm³/mol. The van der Waals surface area contributed by atoms with Crippen LogP contribution in [0.2, 0.25) is 0 Å². The Morgan fingerprint density at radius 1 is 1.24 bits per heavy atom. The monoisotopic (exact) mass is 432 g/mol. The summed E-state index contributed by atoms with van der Waals surface area (Å²) < 4.78 is 0. The molecular weight excluding hydrogens is 408 g/mol. The van der Waals surface area contributed by atoms with Gasteiger partial charge in [-0.25, -0.2) is 4.79 Å². The zero-order chi connectivity index (χ0) is 21.2. The van der Waals surface area contributed by atoms with Crippen molar-refractivity contribution in [1.82, 2.24) is 10.6 Å². The quantitative estimate of drug-likeness (QED) is 0.623. The molecule has 2 aromatic rings. The summed E-state index contributed by atoms with van der Waals surface area (Å²) in [5.74, 6) is -0.226. The molecule has 1 aromatic heterocycles. The number of hydrogen-bond acceptors (Lipinski definition) is 5. The van der Waals surface area contributed by atoms with Crippen LogP contribution < -0.4 is 10.6 Å². The van der Waals surface area contributed by atoms with Crippen LogP contribution in [0.1, 0.15) is 31.2 Å². The highest BCUT2D eigenvalue weighted by Crippen LogP contribution is 2.32. The van der Waals surface area contributed by atoms with Gasteiger partial charge in [0.25, 0.3) is 5.24 Å². The van der Waals surface area contributed by atoms with Gasteiger partial charge in [-0.05, 0) is 35.1 Å². The fourth-order valence-corrected chi connectivity index (χ4v) is 5.16. The first-order valence-electron chi connectivity index (χ1n) is 9.31. The van der Waals surface area contributed by atoms with Crippen LogP contribution in [0.3, 0.4) is 0 Å². The maximum atomic E-state index is 11.8. The lowest BCUT2D eigenvalue weighted by atomic mass is 9.83. The molecule has 0 saturated carbocycles. The molecule has 0 bridgehead atoms. The van der Waals surface area contributed by atoms with Crippen LogP contribution in [-0.4, -0.2) is 33.6 Å². The summed E-state index contributed by atoms with van der Waals surface area (Å²) in [6, 6.07) is 11.9. The Hall–Kier alpha value is -2.32. The number of nitrogens with one attached hydrogen (secondary N) is 2. The number of benzene rings is 1. The molecule has 154 valence electrons. The highest BCUT2D eigenvalue weighted by Gasteiger charge is 2.32. The molecule has 1 aliphatic heterocycles. The van der Waals surface area contributed by atoms with E-state index in [1.165, 1.54) is 0 Å². The van der Waals surface area contributed by atoms with Gasteiger partial charge in [0.05, 0.1) is 5.25 Å². The van der Waals surface area contributed by atoms with Gasteiger partial charge in [0.2, 0.25) is 5.91 Å². The topological polar surface area (TPSA) is 95.5 Å². The van der Waals surface area contributed by atoms with Crippen LogP contribution in [0.15, 0.2) is 36.4 Å². The maximum absolute atomic E-state index is 11.8. The summed E-state index contributed by atoms with van der Waals surface area (Å²) in [5.41, 5.74) is 1.91. The first-order chi connectivity index (χ1) is 13.6. The smallest absolute Gasteiger partial charge is 0.404 e. The Morgan fingerprint density at radius 2 is 2.00 bits per heavy atom. The fourth-order valence-electron chi connectivity index (χ4n) is 3.16. The second kappa shape index (κ2) is 8.59. The minimum absolute atomic E-state index is 0.204. The van der Waals surface area contributed by atoms with Crippen LogP contribution in [0.5, 0.6) is 0 Å². The second-order valence-corrected chi connectivity index (χ2v) is 10.5. The van der Waals surface area contributed by atoms with Crippen molar-refractivity contribution in [1.29, 1.82) is 0 Å². The highest BCUT2D eigenvalue weighted by atomic mass is 32.2. The number of carboxylic acid groups (broad SMARTS) is 1. The Bertz CT molecular complexity index is 933. The Morgan fingerprint density at radius 3 is 2.62 bits per heavy atom. The van der Waals surface area contributed by atoms with Gasteiger partial charge < -0.3 is 10.4 Å². The number of carbonyl (C=O) groups is 3. The van der Waals surface area contributed by atoms with Crippen LogP contribution >= 0.6 is 23.1 Å². The third kappa shape index (κ3) is 5.61. The summed E-state index contributed by atoms with van der Waals surface area (Å²) in [6.45, 7) is 6.06. The molecule has 1 saturated heterocycles. The molecule has 1 aliphatic rings. The fraction of sp³-hybridized carbons (Fsp3) is 0.381. The van der Waals surface area contributed by atoms with E-state index in [1.54, 1.807) is 11.3 Å². The first kappa shape index (κ1) is 21.4. The maximum Gasteiger partial charge on any atom is 0.404 e. The molecule has 0 aliphatic carbocycles. The SMILES string of the molecule is CC(C)(C)C(Cc1cccc(-c2ccc(CC3SC(=O)NC3=O)s2)c1)NC(=O)O. The van der Waals surface area contributed by atoms with E-state index < -0.39 is 6.09 Å². The Labute approximate surface area is 178 Å². The van der Waals surface area contributed by atoms with Gasteiger partial charge in [0.1, 0.15) is 0 Å². The van der Waals surface area contributed by atoms with Crippen molar-refractivity contribution in [3.8, 4) is 10.4 Å². The average molecular weight is 433 g/mol. The number of amides is 3. The zero-order valence-corrected chi connectivity index (χ0v) is 18.2. The lowest BCUT2D eigenvalue weighted by molar-refractivity contribution is -0.118. The lowest BCUT2D eigenvalue weighted by Crippen LogP contribution is -2.44. The lowest BCUT2D eigenvalue weighted by Gasteiger charge is -2.30. The summed E-state index contributed by atoms with van der Waals surface area (Å²) in [6.07, 6.45) is 0.112. The van der Waals surface area contributed by atoms with E-state index >= 15 is 0 Å². The average Bonchev–Trinajstić information content (AvgIpc) is 3.20. The van der Waals surface area contributed by atoms with Gasteiger partial charge in [0, 0.05) is 22.2 Å². The molecule has 0 spiro atoms. The van der Waals surface area contributed by atoms with Crippen molar-refractivity contribution in [2.75, 3.05) is 0 Å². The molecule has 2 unspecified atom stereocenters. The molecule has 3 rings (SSSR count). The third-order valence-electron chi connectivity index (χ3n) is 4.81. The molecule has 2 atom stereocenters. The van der Waals surface area contributed by atoms with Gasteiger partial charge in [-0.15, -0.1) is 11.3 Å². The van der Waals surface area contributed by atoms with Crippen molar-refractivity contribution in [3.05, 3.63) is 46.8 Å². The normalized spacial score (nSPS) is 17.8. The largest absolute Gasteiger partial charge is 0.465 e. The molecule has 1 fully saturated rings. The van der Waals surface area contributed by atoms with Crippen LogP contribution in [-0.2, 0) is 17.6 Å². The number of imide groups is 1.